The summed E-state index contributed by atoms with van der Waals surface area (Å²) in [5, 5.41) is 12.1. The third-order valence-corrected chi connectivity index (χ3v) is 12.5. The Labute approximate surface area is 445 Å². The smallest absolute Gasteiger partial charge is 0.261 e. The molecule has 0 aliphatic heterocycles. The first kappa shape index (κ1) is 58.8. The number of ether oxygens (including phenoxy) is 2. The number of fused-ring (bicyclic) bond motifs is 2. The number of amides is 2. The van der Waals surface area contributed by atoms with Crippen LogP contribution in [-0.2, 0) is 35.8 Å². The van der Waals surface area contributed by atoms with E-state index in [4.69, 9.17) is 32.7 Å². The molecule has 0 fully saturated rings. The summed E-state index contributed by atoms with van der Waals surface area (Å²) in [4.78, 5) is 66.9. The molecule has 2 atom stereocenters. The third kappa shape index (κ3) is 13.4. The summed E-state index contributed by atoms with van der Waals surface area (Å²) in [6.07, 6.45) is 5.48. The van der Waals surface area contributed by atoms with E-state index >= 15 is 8.78 Å². The van der Waals surface area contributed by atoms with Crippen LogP contribution in [0.3, 0.4) is 0 Å². The highest BCUT2D eigenvalue weighted by atomic mass is 35.5. The van der Waals surface area contributed by atoms with Crippen LogP contribution in [0.15, 0.2) is 107 Å². The van der Waals surface area contributed by atoms with Crippen LogP contribution < -0.4 is 41.9 Å². The molecule has 4 aromatic carbocycles. The number of pyridine rings is 2. The maximum absolute atomic E-state index is 15.0. The highest BCUT2D eigenvalue weighted by Crippen LogP contribution is 2.33. The number of benzene rings is 4. The minimum atomic E-state index is -0.667. The van der Waals surface area contributed by atoms with Crippen LogP contribution in [0.5, 0.6) is 11.8 Å². The molecule has 400 valence electrons. The SMILES string of the molecule is C.C.CNC(=O)[C@@H](C)Cn1cnc2c(F)cc(-c3cnc(OC)c(NCc4ccc(F)cc4Cl)c3)cc2c1=O.CNC(=O)[C@H](C)Cn1cnc2c(F)cc(-c3cnc(OC)c(NCc4ccc(F)cc4Cl)c3)cc2c1=O. The summed E-state index contributed by atoms with van der Waals surface area (Å²) in [7, 11) is 5.95. The minimum absolute atomic E-state index is 0. The lowest BCUT2D eigenvalue weighted by molar-refractivity contribution is -0.125. The highest BCUT2D eigenvalue weighted by Gasteiger charge is 2.20. The number of carbonyl (C=O) groups excluding carboxylic acids is 2. The number of aromatic nitrogens is 6. The van der Waals surface area contributed by atoms with Crippen molar-refractivity contribution in [1.29, 1.82) is 0 Å². The highest BCUT2D eigenvalue weighted by molar-refractivity contribution is 6.31. The van der Waals surface area contributed by atoms with Crippen molar-refractivity contribution in [2.24, 2.45) is 11.8 Å². The van der Waals surface area contributed by atoms with E-state index in [2.05, 4.69) is 41.2 Å². The average molecular weight is 1090 g/mol. The van der Waals surface area contributed by atoms with E-state index in [0.29, 0.717) is 44.8 Å². The summed E-state index contributed by atoms with van der Waals surface area (Å²) in [5.74, 6) is -3.05. The van der Waals surface area contributed by atoms with Crippen molar-refractivity contribution in [2.75, 3.05) is 38.9 Å². The van der Waals surface area contributed by atoms with Gasteiger partial charge >= 0.3 is 0 Å². The standard InChI is InChI=1S/2C26H24ClF2N5O3.2CH4/c2*1-14(24(35)30-2)12-34-13-33-23-19(26(34)36)6-16(7-21(23)29)17-8-22(25(37-3)32-11-17)31-10-15-4-5-18(28)9-20(15)27;;/h2*4-9,11,13-14,31H,10,12H2,1-3H3,(H,30,35);2*1H4/t2*14-;;/m10../s1. The van der Waals surface area contributed by atoms with Crippen LogP contribution in [0, 0.1) is 35.1 Å². The maximum atomic E-state index is 15.0. The van der Waals surface area contributed by atoms with Crippen molar-refractivity contribution in [1.82, 2.24) is 39.7 Å². The predicted octanol–water partition coefficient (Wildman–Crippen LogP) is 10.1. The van der Waals surface area contributed by atoms with Gasteiger partial charge < -0.3 is 30.7 Å². The molecule has 4 aromatic heterocycles. The Morgan fingerprint density at radius 3 is 1.30 bits per heavy atom. The lowest BCUT2D eigenvalue weighted by Gasteiger charge is -2.14. The van der Waals surface area contributed by atoms with E-state index in [-0.39, 0.29) is 96.5 Å². The topological polar surface area (TPSA) is 196 Å². The maximum Gasteiger partial charge on any atom is 0.261 e. The second-order valence-electron chi connectivity index (χ2n) is 16.9. The number of rotatable bonds is 16. The lowest BCUT2D eigenvalue weighted by atomic mass is 10.0. The van der Waals surface area contributed by atoms with Crippen LogP contribution in [0.1, 0.15) is 39.8 Å². The van der Waals surface area contributed by atoms with Crippen LogP contribution in [0.2, 0.25) is 10.0 Å². The van der Waals surface area contributed by atoms with E-state index in [1.807, 2.05) is 0 Å². The Kier molecular flexibility index (Phi) is 20.0. The quantitative estimate of drug-likeness (QED) is 0.0670. The van der Waals surface area contributed by atoms with Crippen molar-refractivity contribution in [3.8, 4) is 34.0 Å². The van der Waals surface area contributed by atoms with Gasteiger partial charge in [0.1, 0.15) is 34.3 Å². The summed E-state index contributed by atoms with van der Waals surface area (Å²) in [6.45, 7) is 4.07. The fourth-order valence-electron chi connectivity index (χ4n) is 7.81. The second kappa shape index (κ2) is 25.9. The van der Waals surface area contributed by atoms with Gasteiger partial charge in [-0.2, -0.15) is 0 Å². The molecule has 0 aliphatic rings. The molecule has 4 heterocycles. The zero-order chi connectivity index (χ0) is 53.4. The molecule has 8 rings (SSSR count). The summed E-state index contributed by atoms with van der Waals surface area (Å²) in [5.41, 5.74) is 3.07. The summed E-state index contributed by atoms with van der Waals surface area (Å²) < 4.78 is 70.0. The van der Waals surface area contributed by atoms with Gasteiger partial charge in [-0.05, 0) is 82.9 Å². The Morgan fingerprint density at radius 2 is 0.961 bits per heavy atom. The molecule has 2 amide bonds. The molecule has 0 spiro atoms. The predicted molar refractivity (Wildman–Crippen MR) is 289 cm³/mol. The van der Waals surface area contributed by atoms with Crippen LogP contribution >= 0.6 is 23.2 Å². The van der Waals surface area contributed by atoms with E-state index in [1.165, 1.54) is 98.9 Å². The number of methoxy groups -OCH3 is 2. The van der Waals surface area contributed by atoms with Crippen LogP contribution in [0.4, 0.5) is 28.9 Å². The van der Waals surface area contributed by atoms with E-state index in [9.17, 15) is 28.0 Å². The lowest BCUT2D eigenvalue weighted by Crippen LogP contribution is -2.32. The normalized spacial score (nSPS) is 11.5. The molecule has 8 aromatic rings. The zero-order valence-electron chi connectivity index (χ0n) is 40.6. The van der Waals surface area contributed by atoms with Crippen LogP contribution in [-0.4, -0.2) is 69.2 Å². The Hall–Kier alpha value is -8.10. The monoisotopic (exact) mass is 1090 g/mol. The third-order valence-electron chi connectivity index (χ3n) is 11.8. The Bertz CT molecular complexity index is 3320. The molecule has 4 N–H and O–H groups in total. The fourth-order valence-corrected chi connectivity index (χ4v) is 8.28. The fraction of sp³-hybridized carbons (Fsp3) is 0.259. The number of halogens is 6. The molecule has 0 bridgehead atoms. The molecule has 0 saturated carbocycles. The molecule has 0 unspecified atom stereocenters. The van der Waals surface area contributed by atoms with E-state index < -0.39 is 46.2 Å². The van der Waals surface area contributed by atoms with Crippen LogP contribution in [0.25, 0.3) is 44.1 Å². The first-order chi connectivity index (χ1) is 35.4. The minimum Gasteiger partial charge on any atom is -0.480 e. The number of hydrogen-bond donors (Lipinski definition) is 4. The van der Waals surface area contributed by atoms with Gasteiger partial charge in [0.05, 0.1) is 60.9 Å². The van der Waals surface area contributed by atoms with Gasteiger partial charge in [0.2, 0.25) is 23.6 Å². The van der Waals surface area contributed by atoms with Crippen molar-refractivity contribution < 1.29 is 36.6 Å². The van der Waals surface area contributed by atoms with Gasteiger partial charge in [0.15, 0.2) is 0 Å². The molecule has 16 nitrogen and oxygen atoms in total. The molecule has 0 radical (unpaired) electrons. The largest absolute Gasteiger partial charge is 0.480 e. The first-order valence-corrected chi connectivity index (χ1v) is 23.4. The molecule has 22 heteroatoms. The molecular formula is C54H56Cl2F4N10O6. The molecule has 76 heavy (non-hydrogen) atoms. The van der Waals surface area contributed by atoms with Crippen molar-refractivity contribution in [2.45, 2.75) is 54.9 Å². The summed E-state index contributed by atoms with van der Waals surface area (Å²) in [6, 6.07) is 17.2. The van der Waals surface area contributed by atoms with E-state index in [0.717, 1.165) is 0 Å². The number of carbonyl (C=O) groups is 2. The molecule has 0 aliphatic carbocycles. The van der Waals surface area contributed by atoms with E-state index in [1.54, 1.807) is 50.2 Å². The van der Waals surface area contributed by atoms with Crippen molar-refractivity contribution in [3.63, 3.8) is 0 Å². The average Bonchev–Trinajstić information content (AvgIpc) is 3.40. The molecular weight excluding hydrogens is 1030 g/mol. The number of nitrogens with zero attached hydrogens (tertiary/aromatic N) is 6. The number of nitrogens with one attached hydrogen (secondary N) is 4. The second-order valence-corrected chi connectivity index (χ2v) is 17.7. The van der Waals surface area contributed by atoms with Gasteiger partial charge in [-0.25, -0.2) is 37.5 Å². The van der Waals surface area contributed by atoms with Gasteiger partial charge in [-0.3, -0.25) is 28.3 Å². The van der Waals surface area contributed by atoms with Crippen molar-refractivity contribution >= 4 is 68.2 Å². The Balaban J connectivity index is 0.000000274. The number of hydrogen-bond acceptors (Lipinski definition) is 12. The summed E-state index contributed by atoms with van der Waals surface area (Å²) >= 11 is 12.3. The first-order valence-electron chi connectivity index (χ1n) is 22.7. The van der Waals surface area contributed by atoms with Crippen molar-refractivity contribution in [3.05, 3.63) is 163 Å². The number of anilines is 2. The van der Waals surface area contributed by atoms with Gasteiger partial charge in [-0.1, -0.05) is 64.0 Å². The Morgan fingerprint density at radius 1 is 0.579 bits per heavy atom. The van der Waals surface area contributed by atoms with Gasteiger partial charge in [0, 0.05) is 73.8 Å². The van der Waals surface area contributed by atoms with Gasteiger partial charge in [0.25, 0.3) is 11.1 Å². The van der Waals surface area contributed by atoms with Gasteiger partial charge in [-0.15, -0.1) is 0 Å². The zero-order valence-corrected chi connectivity index (χ0v) is 42.1. The molecule has 0 saturated heterocycles.